The van der Waals surface area contributed by atoms with E-state index in [0.29, 0.717) is 13.1 Å². The average molecular weight is 273 g/mol. The molecule has 4 nitrogen and oxygen atoms in total. The van der Waals surface area contributed by atoms with Gasteiger partial charge in [0.05, 0.1) is 18.0 Å². The first kappa shape index (κ1) is 14.8. The van der Waals surface area contributed by atoms with Crippen LogP contribution in [0.1, 0.15) is 30.9 Å². The minimum Gasteiger partial charge on any atom is -0.392 e. The molecule has 0 saturated carbocycles. The lowest BCUT2D eigenvalue weighted by Gasteiger charge is -2.10. The van der Waals surface area contributed by atoms with Crippen molar-refractivity contribution in [2.45, 2.75) is 39.3 Å². The molecule has 1 aromatic carbocycles. The molecule has 2 rings (SSSR count). The molecule has 0 aliphatic carbocycles. The number of hydrogen-bond acceptors (Lipinski definition) is 3. The van der Waals surface area contributed by atoms with Crippen LogP contribution in [0.5, 0.6) is 0 Å². The van der Waals surface area contributed by atoms with Crippen LogP contribution in [0.3, 0.4) is 0 Å². The van der Waals surface area contributed by atoms with Gasteiger partial charge in [0, 0.05) is 18.7 Å². The molecule has 3 N–H and O–H groups in total. The minimum absolute atomic E-state index is 0.269. The predicted molar refractivity (Wildman–Crippen MR) is 81.4 cm³/mol. The molecule has 4 heteroatoms. The third-order valence-corrected chi connectivity index (χ3v) is 3.38. The quantitative estimate of drug-likeness (QED) is 0.727. The molecule has 0 radical (unpaired) electrons. The Bertz CT molecular complexity index is 519. The van der Waals surface area contributed by atoms with E-state index in [2.05, 4.69) is 53.6 Å². The summed E-state index contributed by atoms with van der Waals surface area (Å²) in [6.07, 6.45) is 3.41. The second-order valence-corrected chi connectivity index (χ2v) is 5.21. The van der Waals surface area contributed by atoms with E-state index in [-0.39, 0.29) is 6.10 Å². The molecule has 0 fully saturated rings. The van der Waals surface area contributed by atoms with Crippen molar-refractivity contribution >= 4 is 0 Å². The van der Waals surface area contributed by atoms with Gasteiger partial charge in [0.25, 0.3) is 0 Å². The number of H-pyrrole nitrogens is 1. The zero-order chi connectivity index (χ0) is 14.4. The number of nitrogens with zero attached hydrogens (tertiary/aromatic N) is 1. The molecule has 0 aliphatic heterocycles. The van der Waals surface area contributed by atoms with Gasteiger partial charge < -0.3 is 10.4 Å². The van der Waals surface area contributed by atoms with Gasteiger partial charge >= 0.3 is 0 Å². The molecular formula is C16H23N3O. The molecule has 0 spiro atoms. The maximum absolute atomic E-state index is 9.71. The van der Waals surface area contributed by atoms with Crippen LogP contribution in [-0.4, -0.2) is 28.0 Å². The van der Waals surface area contributed by atoms with Crippen LogP contribution in [0.4, 0.5) is 0 Å². The Balaban J connectivity index is 1.97. The van der Waals surface area contributed by atoms with Gasteiger partial charge in [0.15, 0.2) is 0 Å². The van der Waals surface area contributed by atoms with Crippen LogP contribution in [-0.2, 0) is 6.54 Å². The van der Waals surface area contributed by atoms with E-state index in [1.807, 2.05) is 6.20 Å². The molecule has 108 valence electrons. The molecular weight excluding hydrogens is 250 g/mol. The number of rotatable bonds is 7. The van der Waals surface area contributed by atoms with E-state index in [9.17, 15) is 5.11 Å². The molecule has 20 heavy (non-hydrogen) atoms. The number of aliphatic hydroxyl groups excluding tert-OH is 1. The lowest BCUT2D eigenvalue weighted by Crippen LogP contribution is -2.26. The van der Waals surface area contributed by atoms with Crippen molar-refractivity contribution in [2.75, 3.05) is 6.54 Å². The number of aliphatic hydroxyl groups is 1. The van der Waals surface area contributed by atoms with Crippen molar-refractivity contribution in [1.29, 1.82) is 0 Å². The van der Waals surface area contributed by atoms with Crippen molar-refractivity contribution in [3.05, 3.63) is 41.6 Å². The van der Waals surface area contributed by atoms with Gasteiger partial charge in [-0.3, -0.25) is 5.10 Å². The molecule has 1 atom stereocenters. The van der Waals surface area contributed by atoms with Gasteiger partial charge in [0.2, 0.25) is 0 Å². The molecule has 0 bridgehead atoms. The van der Waals surface area contributed by atoms with E-state index >= 15 is 0 Å². The smallest absolute Gasteiger partial charge is 0.0695 e. The molecule has 1 aromatic heterocycles. The van der Waals surface area contributed by atoms with Crippen LogP contribution in [0.2, 0.25) is 0 Å². The zero-order valence-electron chi connectivity index (χ0n) is 12.2. The van der Waals surface area contributed by atoms with E-state index in [1.54, 1.807) is 0 Å². The van der Waals surface area contributed by atoms with Gasteiger partial charge in [-0.15, -0.1) is 0 Å². The first-order chi connectivity index (χ1) is 9.70. The van der Waals surface area contributed by atoms with E-state index in [4.69, 9.17) is 0 Å². The topological polar surface area (TPSA) is 60.9 Å². The van der Waals surface area contributed by atoms with Crippen molar-refractivity contribution in [1.82, 2.24) is 15.5 Å². The summed E-state index contributed by atoms with van der Waals surface area (Å²) < 4.78 is 0. The summed E-state index contributed by atoms with van der Waals surface area (Å²) in [6.45, 7) is 5.48. The van der Waals surface area contributed by atoms with Crippen LogP contribution >= 0.6 is 0 Å². The Kier molecular flexibility index (Phi) is 5.32. The van der Waals surface area contributed by atoms with Crippen LogP contribution in [0, 0.1) is 6.92 Å². The predicted octanol–water partition coefficient (Wildman–Crippen LogP) is 2.64. The average Bonchev–Trinajstić information content (AvgIpc) is 2.88. The second-order valence-electron chi connectivity index (χ2n) is 5.21. The van der Waals surface area contributed by atoms with Crippen LogP contribution < -0.4 is 5.32 Å². The summed E-state index contributed by atoms with van der Waals surface area (Å²) in [6, 6.07) is 8.38. The van der Waals surface area contributed by atoms with Gasteiger partial charge in [0.1, 0.15) is 0 Å². The first-order valence-electron chi connectivity index (χ1n) is 7.18. The molecule has 2 aromatic rings. The number of aromatic amines is 1. The lowest BCUT2D eigenvalue weighted by atomic mass is 10.1. The molecule has 0 aliphatic rings. The fraction of sp³-hybridized carbons (Fsp3) is 0.438. The van der Waals surface area contributed by atoms with Crippen LogP contribution in [0.25, 0.3) is 11.3 Å². The largest absolute Gasteiger partial charge is 0.392 e. The number of nitrogens with one attached hydrogen (secondary N) is 2. The molecule has 1 heterocycles. The second kappa shape index (κ2) is 7.22. The van der Waals surface area contributed by atoms with Crippen molar-refractivity contribution in [3.8, 4) is 11.3 Å². The maximum Gasteiger partial charge on any atom is 0.0695 e. The van der Waals surface area contributed by atoms with E-state index in [0.717, 1.165) is 29.7 Å². The normalized spacial score (nSPS) is 12.6. The Hall–Kier alpha value is -1.65. The Morgan fingerprint density at radius 1 is 1.30 bits per heavy atom. The fourth-order valence-electron chi connectivity index (χ4n) is 2.22. The van der Waals surface area contributed by atoms with E-state index in [1.165, 1.54) is 5.56 Å². The summed E-state index contributed by atoms with van der Waals surface area (Å²) >= 11 is 0. The van der Waals surface area contributed by atoms with Crippen molar-refractivity contribution in [3.63, 3.8) is 0 Å². The highest BCUT2D eigenvalue weighted by molar-refractivity contribution is 5.62. The highest BCUT2D eigenvalue weighted by atomic mass is 16.3. The lowest BCUT2D eigenvalue weighted by molar-refractivity contribution is 0.160. The van der Waals surface area contributed by atoms with Crippen LogP contribution in [0.15, 0.2) is 30.5 Å². The summed E-state index contributed by atoms with van der Waals surface area (Å²) in [4.78, 5) is 0. The highest BCUT2D eigenvalue weighted by Crippen LogP contribution is 2.21. The monoisotopic (exact) mass is 273 g/mol. The molecule has 0 saturated heterocycles. The number of aryl methyl sites for hydroxylation is 1. The number of benzene rings is 1. The zero-order valence-corrected chi connectivity index (χ0v) is 12.2. The van der Waals surface area contributed by atoms with Gasteiger partial charge in [-0.05, 0) is 18.9 Å². The minimum atomic E-state index is -0.269. The SMILES string of the molecule is CCCC(O)CNCc1cn[nH]c1-c1ccc(C)cc1. The van der Waals surface area contributed by atoms with Crippen molar-refractivity contribution < 1.29 is 5.11 Å². The van der Waals surface area contributed by atoms with Gasteiger partial charge in [-0.2, -0.15) is 5.10 Å². The number of aromatic nitrogens is 2. The summed E-state index contributed by atoms with van der Waals surface area (Å²) in [5, 5.41) is 20.2. The maximum atomic E-state index is 9.71. The van der Waals surface area contributed by atoms with Gasteiger partial charge in [-0.1, -0.05) is 43.2 Å². The van der Waals surface area contributed by atoms with E-state index < -0.39 is 0 Å². The van der Waals surface area contributed by atoms with Crippen molar-refractivity contribution in [2.24, 2.45) is 0 Å². The molecule has 1 unspecified atom stereocenters. The Morgan fingerprint density at radius 3 is 2.75 bits per heavy atom. The Morgan fingerprint density at radius 2 is 2.05 bits per heavy atom. The summed E-state index contributed by atoms with van der Waals surface area (Å²) in [5.41, 5.74) is 4.55. The first-order valence-corrected chi connectivity index (χ1v) is 7.18. The number of hydrogen-bond donors (Lipinski definition) is 3. The van der Waals surface area contributed by atoms with Gasteiger partial charge in [-0.25, -0.2) is 0 Å². The Labute approximate surface area is 120 Å². The standard InChI is InChI=1S/C16H23N3O/c1-3-4-15(20)11-17-9-14-10-18-19-16(14)13-7-5-12(2)6-8-13/h5-8,10,15,17,20H,3-4,9,11H2,1-2H3,(H,18,19). The summed E-state index contributed by atoms with van der Waals surface area (Å²) in [5.74, 6) is 0. The molecule has 0 amide bonds. The fourth-order valence-corrected chi connectivity index (χ4v) is 2.22. The summed E-state index contributed by atoms with van der Waals surface area (Å²) in [7, 11) is 0. The third-order valence-electron chi connectivity index (χ3n) is 3.38. The third kappa shape index (κ3) is 3.92. The highest BCUT2D eigenvalue weighted by Gasteiger charge is 2.08.